The summed E-state index contributed by atoms with van der Waals surface area (Å²) in [7, 11) is 0. The van der Waals surface area contributed by atoms with Gasteiger partial charge in [0.1, 0.15) is 5.60 Å². The van der Waals surface area contributed by atoms with Gasteiger partial charge in [0.05, 0.1) is 28.0 Å². The summed E-state index contributed by atoms with van der Waals surface area (Å²) in [5.74, 6) is -1.59. The van der Waals surface area contributed by atoms with Crippen molar-refractivity contribution in [1.29, 1.82) is 0 Å². The van der Waals surface area contributed by atoms with E-state index in [2.05, 4.69) is 31.5 Å². The normalized spacial score (nSPS) is 18.0. The van der Waals surface area contributed by atoms with Gasteiger partial charge in [-0.3, -0.25) is 9.59 Å². The molecule has 2 aliphatic heterocycles. The number of halogens is 4. The number of piperidine rings is 1. The van der Waals surface area contributed by atoms with E-state index in [1.165, 1.54) is 11.8 Å². The largest absolute Gasteiger partial charge is 0.444 e. The Hall–Kier alpha value is -3.32. The van der Waals surface area contributed by atoms with Gasteiger partial charge in [-0.15, -0.1) is 0 Å². The summed E-state index contributed by atoms with van der Waals surface area (Å²) in [5.41, 5.74) is -3.51. The molecule has 2 aliphatic rings. The molecule has 0 unspecified atom stereocenters. The highest BCUT2D eigenvalue weighted by molar-refractivity contribution is 9.10. The molecule has 40 heavy (non-hydrogen) atoms. The Labute approximate surface area is 237 Å². The van der Waals surface area contributed by atoms with E-state index in [9.17, 15) is 32.7 Å². The first-order chi connectivity index (χ1) is 18.5. The van der Waals surface area contributed by atoms with Crippen LogP contribution in [0, 0.1) is 6.92 Å². The van der Waals surface area contributed by atoms with Gasteiger partial charge in [0, 0.05) is 41.1 Å². The van der Waals surface area contributed by atoms with Crippen molar-refractivity contribution in [2.24, 2.45) is 0 Å². The molecule has 0 radical (unpaired) electrons. The molecule has 4 N–H and O–H groups in total. The molecular formula is C27H30BrF3N4O5. The maximum Gasteiger partial charge on any atom is 0.419 e. The van der Waals surface area contributed by atoms with Crippen molar-refractivity contribution in [3.63, 3.8) is 0 Å². The third-order valence-electron chi connectivity index (χ3n) is 6.70. The first kappa shape index (κ1) is 29.7. The summed E-state index contributed by atoms with van der Waals surface area (Å²) in [6, 6.07) is 4.94. The number of nitrogens with zero attached hydrogens (tertiary/aromatic N) is 1. The smallest absolute Gasteiger partial charge is 0.419 e. The number of carbonyl (C=O) groups excluding carboxylic acids is 3. The molecule has 0 atom stereocenters. The molecule has 1 aromatic carbocycles. The van der Waals surface area contributed by atoms with Gasteiger partial charge in [0.15, 0.2) is 0 Å². The monoisotopic (exact) mass is 626 g/mol. The number of aryl methyl sites for hydroxylation is 1. The van der Waals surface area contributed by atoms with Crippen LogP contribution in [0.1, 0.15) is 66.5 Å². The maximum atomic E-state index is 14.3. The summed E-state index contributed by atoms with van der Waals surface area (Å²) < 4.78 is 48.8. The number of alkyl halides is 3. The number of H-pyrrole nitrogens is 1. The number of likely N-dealkylation sites (tertiary alicyclic amines) is 1. The molecule has 0 bridgehead atoms. The summed E-state index contributed by atoms with van der Waals surface area (Å²) in [5, 5.41) is 16.0. The van der Waals surface area contributed by atoms with E-state index < -0.39 is 52.1 Å². The molecule has 4 rings (SSSR count). The molecule has 216 valence electrons. The second-order valence-corrected chi connectivity index (χ2v) is 11.9. The molecule has 3 amide bonds. The summed E-state index contributed by atoms with van der Waals surface area (Å²) in [6.45, 7) is 6.56. The van der Waals surface area contributed by atoms with Crippen molar-refractivity contribution in [2.45, 2.75) is 57.9 Å². The summed E-state index contributed by atoms with van der Waals surface area (Å²) in [4.78, 5) is 42.0. The fourth-order valence-corrected chi connectivity index (χ4v) is 5.09. The van der Waals surface area contributed by atoms with Gasteiger partial charge < -0.3 is 30.4 Å². The van der Waals surface area contributed by atoms with Crippen LogP contribution in [-0.2, 0) is 15.7 Å². The summed E-state index contributed by atoms with van der Waals surface area (Å²) >= 11 is 3.30. The number of carbonyl (C=O) groups is 3. The predicted molar refractivity (Wildman–Crippen MR) is 145 cm³/mol. The zero-order valence-electron chi connectivity index (χ0n) is 22.4. The average molecular weight is 627 g/mol. The van der Waals surface area contributed by atoms with Crippen molar-refractivity contribution >= 4 is 51.2 Å². The van der Waals surface area contributed by atoms with Gasteiger partial charge in [-0.2, -0.15) is 13.2 Å². The molecule has 2 aromatic rings. The third-order valence-corrected chi connectivity index (χ3v) is 7.20. The number of benzene rings is 1. The van der Waals surface area contributed by atoms with E-state index in [4.69, 9.17) is 4.74 Å². The number of anilines is 1. The lowest BCUT2D eigenvalue weighted by Crippen LogP contribution is -2.52. The number of aromatic amines is 1. The van der Waals surface area contributed by atoms with Crippen molar-refractivity contribution in [2.75, 3.05) is 25.0 Å². The topological polar surface area (TPSA) is 124 Å². The van der Waals surface area contributed by atoms with Gasteiger partial charge in [0.2, 0.25) is 0 Å². The Morgan fingerprint density at radius 2 is 1.88 bits per heavy atom. The molecule has 9 nitrogen and oxygen atoms in total. The Bertz CT molecular complexity index is 1390. The first-order valence-corrected chi connectivity index (χ1v) is 13.4. The van der Waals surface area contributed by atoms with Crippen LogP contribution in [0.25, 0.3) is 11.6 Å². The van der Waals surface area contributed by atoms with Crippen LogP contribution in [-0.4, -0.2) is 63.7 Å². The Morgan fingerprint density at radius 1 is 1.23 bits per heavy atom. The molecule has 3 heterocycles. The van der Waals surface area contributed by atoms with Crippen LogP contribution in [0.3, 0.4) is 0 Å². The molecule has 1 saturated heterocycles. The Balaban J connectivity index is 1.54. The molecule has 1 fully saturated rings. The number of nitrogens with one attached hydrogen (secondary N) is 3. The van der Waals surface area contributed by atoms with Crippen molar-refractivity contribution in [3.05, 3.63) is 50.8 Å². The molecule has 0 aliphatic carbocycles. The molecule has 0 spiro atoms. The summed E-state index contributed by atoms with van der Waals surface area (Å²) in [6.07, 6.45) is -4.16. The number of aliphatic hydroxyl groups is 1. The molecular weight excluding hydrogens is 597 g/mol. The number of ether oxygens (including phenoxy) is 1. The number of aromatic nitrogens is 1. The molecule has 1 aromatic heterocycles. The van der Waals surface area contributed by atoms with Gasteiger partial charge in [-0.25, -0.2) is 4.79 Å². The fourth-order valence-electron chi connectivity index (χ4n) is 4.73. The minimum atomic E-state index is -4.92. The number of rotatable bonds is 4. The highest BCUT2D eigenvalue weighted by atomic mass is 79.9. The number of hydrogen-bond donors (Lipinski definition) is 4. The van der Waals surface area contributed by atoms with Gasteiger partial charge >= 0.3 is 12.3 Å². The standard InChI is InChI=1S/C27H30BrF3N4O5/c1-14-20(23(37)32-13-26(39)7-9-35(10-8-26)24(38)40-25(2,3)4)21(27(29,30)31)19(33-14)12-17-16-11-15(28)5-6-18(16)34-22(17)36/h5-6,11-12,33,39H,7-10,13H2,1-4H3,(H,32,37)(H,34,36)/b17-12-. The van der Waals surface area contributed by atoms with Crippen LogP contribution < -0.4 is 10.6 Å². The minimum absolute atomic E-state index is 0.0149. The van der Waals surface area contributed by atoms with Crippen molar-refractivity contribution in [1.82, 2.24) is 15.2 Å². The van der Waals surface area contributed by atoms with E-state index in [0.717, 1.165) is 6.08 Å². The maximum absolute atomic E-state index is 14.3. The lowest BCUT2D eigenvalue weighted by Gasteiger charge is -2.38. The molecule has 13 heteroatoms. The number of fused-ring (bicyclic) bond motifs is 1. The number of hydrogen-bond acceptors (Lipinski definition) is 5. The third kappa shape index (κ3) is 6.35. The zero-order valence-corrected chi connectivity index (χ0v) is 24.0. The van der Waals surface area contributed by atoms with E-state index in [-0.39, 0.29) is 43.7 Å². The van der Waals surface area contributed by atoms with Crippen molar-refractivity contribution in [3.8, 4) is 0 Å². The van der Waals surface area contributed by atoms with E-state index in [1.807, 2.05) is 0 Å². The second kappa shape index (κ2) is 10.6. The number of amides is 3. The van der Waals surface area contributed by atoms with Crippen LogP contribution in [0.4, 0.5) is 23.7 Å². The minimum Gasteiger partial charge on any atom is -0.444 e. The fraction of sp³-hybridized carbons (Fsp3) is 0.444. The first-order valence-electron chi connectivity index (χ1n) is 12.6. The Morgan fingerprint density at radius 3 is 2.48 bits per heavy atom. The van der Waals surface area contributed by atoms with Crippen LogP contribution in [0.2, 0.25) is 0 Å². The van der Waals surface area contributed by atoms with Crippen LogP contribution in [0.15, 0.2) is 22.7 Å². The Kier molecular flexibility index (Phi) is 7.85. The quantitative estimate of drug-likeness (QED) is 0.352. The van der Waals surface area contributed by atoms with E-state index in [1.54, 1.807) is 39.0 Å². The lowest BCUT2D eigenvalue weighted by molar-refractivity contribution is -0.138. The van der Waals surface area contributed by atoms with Gasteiger partial charge in [-0.05, 0) is 64.8 Å². The second-order valence-electron chi connectivity index (χ2n) is 11.0. The zero-order chi connectivity index (χ0) is 29.6. The highest BCUT2D eigenvalue weighted by Gasteiger charge is 2.42. The van der Waals surface area contributed by atoms with E-state index >= 15 is 0 Å². The SMILES string of the molecule is Cc1[nH]c(/C=C2\C(=O)Nc3ccc(Br)cc32)c(C(F)(F)F)c1C(=O)NCC1(O)CCN(C(=O)OC(C)(C)C)CC1. The van der Waals surface area contributed by atoms with E-state index in [0.29, 0.717) is 15.7 Å². The lowest BCUT2D eigenvalue weighted by atomic mass is 9.91. The predicted octanol–water partition coefficient (Wildman–Crippen LogP) is 5.09. The van der Waals surface area contributed by atoms with Gasteiger partial charge in [-0.1, -0.05) is 15.9 Å². The molecule has 0 saturated carbocycles. The van der Waals surface area contributed by atoms with Crippen LogP contribution >= 0.6 is 15.9 Å². The average Bonchev–Trinajstić information content (AvgIpc) is 3.33. The highest BCUT2D eigenvalue weighted by Crippen LogP contribution is 2.40. The van der Waals surface area contributed by atoms with Crippen LogP contribution in [0.5, 0.6) is 0 Å². The van der Waals surface area contributed by atoms with Crippen molar-refractivity contribution < 1.29 is 37.4 Å². The van der Waals surface area contributed by atoms with Gasteiger partial charge in [0.25, 0.3) is 11.8 Å².